The fourth-order valence-corrected chi connectivity index (χ4v) is 4.17. The molecule has 0 aromatic heterocycles. The molecule has 3 aromatic carbocycles. The largest absolute Gasteiger partial charge is 0.416 e. The number of benzene rings is 3. The summed E-state index contributed by atoms with van der Waals surface area (Å²) in [4.78, 5) is 12.5. The Morgan fingerprint density at radius 1 is 0.605 bits per heavy atom. The fourth-order valence-electron chi connectivity index (χ4n) is 4.17. The van der Waals surface area contributed by atoms with E-state index in [2.05, 4.69) is 0 Å². The molecule has 0 bridgehead atoms. The lowest BCUT2D eigenvalue weighted by Gasteiger charge is -2.20. The number of ketones is 1. The SMILES string of the molecule is CC(=O)C(CC(C)C)c1cc(-c2ccc(C(F)(F)F)cc2)cc(-c2cc(C(F)(F)F)cc(C(F)(F)F)c2)c1. The number of rotatable bonds is 6. The van der Waals surface area contributed by atoms with E-state index in [1.165, 1.54) is 25.1 Å². The van der Waals surface area contributed by atoms with E-state index in [1.807, 2.05) is 13.8 Å². The Morgan fingerprint density at radius 3 is 1.42 bits per heavy atom. The van der Waals surface area contributed by atoms with Gasteiger partial charge in [0.1, 0.15) is 5.78 Å². The first-order valence-electron chi connectivity index (χ1n) is 11.5. The Kier molecular flexibility index (Phi) is 8.05. The fraction of sp³-hybridized carbons (Fsp3) is 0.321. The van der Waals surface area contributed by atoms with Crippen LogP contribution < -0.4 is 0 Å². The zero-order chi connectivity index (χ0) is 28.6. The molecular weight excluding hydrogens is 523 g/mol. The molecule has 0 fully saturated rings. The Labute approximate surface area is 213 Å². The van der Waals surface area contributed by atoms with Crippen LogP contribution in [0.25, 0.3) is 22.3 Å². The summed E-state index contributed by atoms with van der Waals surface area (Å²) in [5, 5.41) is 0. The zero-order valence-electron chi connectivity index (χ0n) is 20.4. The van der Waals surface area contributed by atoms with E-state index >= 15 is 0 Å². The van der Waals surface area contributed by atoms with Gasteiger partial charge in [-0.3, -0.25) is 4.79 Å². The molecule has 0 aliphatic heterocycles. The van der Waals surface area contributed by atoms with Crippen LogP contribution in [0.5, 0.6) is 0 Å². The lowest BCUT2D eigenvalue weighted by molar-refractivity contribution is -0.143. The van der Waals surface area contributed by atoms with E-state index in [0.29, 0.717) is 24.1 Å². The Balaban J connectivity index is 2.30. The van der Waals surface area contributed by atoms with Crippen molar-refractivity contribution in [2.45, 2.75) is 51.6 Å². The quantitative estimate of drug-likeness (QED) is 0.281. The summed E-state index contributed by atoms with van der Waals surface area (Å²) in [5.74, 6) is -0.974. The highest BCUT2D eigenvalue weighted by molar-refractivity contribution is 5.85. The molecule has 38 heavy (non-hydrogen) atoms. The van der Waals surface area contributed by atoms with E-state index in [4.69, 9.17) is 0 Å². The lowest BCUT2D eigenvalue weighted by Crippen LogP contribution is -2.13. The third-order valence-electron chi connectivity index (χ3n) is 6.02. The second kappa shape index (κ2) is 10.5. The second-order valence-electron chi connectivity index (χ2n) is 9.51. The number of carbonyl (C=O) groups excluding carboxylic acids is 1. The molecular formula is C28H23F9O. The molecule has 0 radical (unpaired) electrons. The van der Waals surface area contributed by atoms with Crippen molar-refractivity contribution in [3.8, 4) is 22.3 Å². The highest BCUT2D eigenvalue weighted by Gasteiger charge is 2.37. The van der Waals surface area contributed by atoms with Crippen molar-refractivity contribution >= 4 is 5.78 Å². The summed E-state index contributed by atoms with van der Waals surface area (Å²) in [6.07, 6.45) is -14.4. The normalized spacial score (nSPS) is 13.6. The van der Waals surface area contributed by atoms with Crippen LogP contribution in [0, 0.1) is 5.92 Å². The first-order chi connectivity index (χ1) is 17.4. The molecule has 3 rings (SSSR count). The standard InChI is InChI=1S/C28H23F9O/c1-15(2)8-25(16(3)38)21-10-18(17-4-6-22(7-5-17)26(29,30)31)9-19(11-21)20-12-23(27(32,33)34)14-24(13-20)28(35,36)37/h4-7,9-15,25H,8H2,1-3H3. The Hall–Kier alpha value is -3.30. The van der Waals surface area contributed by atoms with Gasteiger partial charge in [-0.25, -0.2) is 0 Å². The highest BCUT2D eigenvalue weighted by atomic mass is 19.4. The van der Waals surface area contributed by atoms with Gasteiger partial charge in [-0.05, 0) is 83.5 Å². The number of alkyl halides is 9. The zero-order valence-corrected chi connectivity index (χ0v) is 20.4. The molecule has 3 aromatic rings. The first kappa shape index (κ1) is 29.3. The molecule has 1 atom stereocenters. The van der Waals surface area contributed by atoms with Gasteiger partial charge in [0.2, 0.25) is 0 Å². The summed E-state index contributed by atoms with van der Waals surface area (Å²) in [6.45, 7) is 5.02. The maximum atomic E-state index is 13.5. The lowest BCUT2D eigenvalue weighted by atomic mass is 9.84. The minimum Gasteiger partial charge on any atom is -0.299 e. The predicted octanol–water partition coefficient (Wildman–Crippen LogP) is 9.80. The van der Waals surface area contributed by atoms with Crippen LogP contribution in [0.1, 0.15) is 55.4 Å². The van der Waals surface area contributed by atoms with Crippen LogP contribution in [0.4, 0.5) is 39.5 Å². The van der Waals surface area contributed by atoms with Crippen molar-refractivity contribution in [2.24, 2.45) is 5.92 Å². The molecule has 10 heteroatoms. The van der Waals surface area contributed by atoms with Gasteiger partial charge in [0.15, 0.2) is 0 Å². The van der Waals surface area contributed by atoms with Crippen LogP contribution in [0.2, 0.25) is 0 Å². The second-order valence-corrected chi connectivity index (χ2v) is 9.51. The van der Waals surface area contributed by atoms with Crippen LogP contribution in [0.3, 0.4) is 0 Å². The Bertz CT molecular complexity index is 1270. The monoisotopic (exact) mass is 546 g/mol. The summed E-state index contributed by atoms with van der Waals surface area (Å²) < 4.78 is 120. The number of carbonyl (C=O) groups is 1. The van der Waals surface area contributed by atoms with E-state index in [0.717, 1.165) is 24.3 Å². The number of hydrogen-bond donors (Lipinski definition) is 0. The molecule has 204 valence electrons. The van der Waals surface area contributed by atoms with Crippen molar-refractivity contribution in [1.82, 2.24) is 0 Å². The van der Waals surface area contributed by atoms with Gasteiger partial charge < -0.3 is 0 Å². The van der Waals surface area contributed by atoms with E-state index in [1.54, 1.807) is 0 Å². The van der Waals surface area contributed by atoms with Crippen molar-refractivity contribution in [1.29, 1.82) is 0 Å². The number of hydrogen-bond acceptors (Lipinski definition) is 1. The van der Waals surface area contributed by atoms with Crippen LogP contribution in [0.15, 0.2) is 60.7 Å². The first-order valence-corrected chi connectivity index (χ1v) is 11.5. The van der Waals surface area contributed by atoms with Gasteiger partial charge in [0, 0.05) is 5.92 Å². The molecule has 1 nitrogen and oxygen atoms in total. The molecule has 0 aliphatic carbocycles. The third-order valence-corrected chi connectivity index (χ3v) is 6.02. The van der Waals surface area contributed by atoms with Crippen LogP contribution in [-0.4, -0.2) is 5.78 Å². The maximum Gasteiger partial charge on any atom is 0.416 e. The van der Waals surface area contributed by atoms with Gasteiger partial charge in [0.25, 0.3) is 0 Å². The minimum atomic E-state index is -5.07. The summed E-state index contributed by atoms with van der Waals surface area (Å²) in [6, 6.07) is 9.32. The molecule has 0 saturated carbocycles. The van der Waals surface area contributed by atoms with E-state index in [-0.39, 0.29) is 34.5 Å². The predicted molar refractivity (Wildman–Crippen MR) is 125 cm³/mol. The average molecular weight is 546 g/mol. The minimum absolute atomic E-state index is 0.0151. The highest BCUT2D eigenvalue weighted by Crippen LogP contribution is 2.41. The van der Waals surface area contributed by atoms with Gasteiger partial charge >= 0.3 is 18.5 Å². The smallest absolute Gasteiger partial charge is 0.299 e. The van der Waals surface area contributed by atoms with Crippen molar-refractivity contribution < 1.29 is 44.3 Å². The van der Waals surface area contributed by atoms with E-state index < -0.39 is 46.7 Å². The molecule has 0 heterocycles. The molecule has 0 spiro atoms. The molecule has 0 aliphatic rings. The van der Waals surface area contributed by atoms with Gasteiger partial charge in [-0.1, -0.05) is 38.1 Å². The van der Waals surface area contributed by atoms with Crippen LogP contribution in [-0.2, 0) is 23.3 Å². The van der Waals surface area contributed by atoms with Gasteiger partial charge in [0.05, 0.1) is 16.7 Å². The van der Waals surface area contributed by atoms with Crippen molar-refractivity contribution in [2.75, 3.05) is 0 Å². The summed E-state index contributed by atoms with van der Waals surface area (Å²) in [5.41, 5.74) is -3.54. The number of halogens is 9. The average Bonchev–Trinajstić information content (AvgIpc) is 2.80. The summed E-state index contributed by atoms with van der Waals surface area (Å²) >= 11 is 0. The summed E-state index contributed by atoms with van der Waals surface area (Å²) in [7, 11) is 0. The van der Waals surface area contributed by atoms with Crippen molar-refractivity contribution in [3.05, 3.63) is 82.9 Å². The maximum absolute atomic E-state index is 13.5. The molecule has 0 amide bonds. The molecule has 0 saturated heterocycles. The van der Waals surface area contributed by atoms with Crippen LogP contribution >= 0.6 is 0 Å². The molecule has 1 unspecified atom stereocenters. The number of Topliss-reactive ketones (excluding diaryl/α,β-unsaturated/α-hetero) is 1. The third kappa shape index (κ3) is 6.96. The molecule has 0 N–H and O–H groups in total. The van der Waals surface area contributed by atoms with E-state index in [9.17, 15) is 44.3 Å². The van der Waals surface area contributed by atoms with Crippen molar-refractivity contribution in [3.63, 3.8) is 0 Å². The topological polar surface area (TPSA) is 17.1 Å². The Morgan fingerprint density at radius 2 is 1.03 bits per heavy atom. The van der Waals surface area contributed by atoms with Gasteiger partial charge in [-0.2, -0.15) is 39.5 Å². The van der Waals surface area contributed by atoms with Gasteiger partial charge in [-0.15, -0.1) is 0 Å².